The van der Waals surface area contributed by atoms with Crippen molar-refractivity contribution in [2.24, 2.45) is 0 Å². The number of para-hydroxylation sites is 2. The molecule has 1 aliphatic rings. The Morgan fingerprint density at radius 3 is 1.38 bits per heavy atom. The molecule has 0 atom stereocenters. The summed E-state index contributed by atoms with van der Waals surface area (Å²) in [4.78, 5) is 4.75. The molecule has 0 fully saturated rings. The van der Waals surface area contributed by atoms with Gasteiger partial charge in [-0.25, -0.2) is 0 Å². The van der Waals surface area contributed by atoms with Crippen molar-refractivity contribution in [1.82, 2.24) is 0 Å². The van der Waals surface area contributed by atoms with Gasteiger partial charge in [-0.15, -0.1) is 0 Å². The van der Waals surface area contributed by atoms with Crippen molar-refractivity contribution in [3.05, 3.63) is 107 Å². The minimum absolute atomic E-state index is 0.863. The molecule has 0 aliphatic carbocycles. The van der Waals surface area contributed by atoms with Crippen molar-refractivity contribution in [1.29, 1.82) is 0 Å². The van der Waals surface area contributed by atoms with Crippen LogP contribution in [0.3, 0.4) is 0 Å². The summed E-state index contributed by atoms with van der Waals surface area (Å²) < 4.78 is 0. The first-order valence-electron chi connectivity index (χ1n) is 11.3. The van der Waals surface area contributed by atoms with Crippen LogP contribution in [0.2, 0.25) is 0 Å². The molecule has 0 amide bonds. The van der Waals surface area contributed by atoms with Crippen molar-refractivity contribution in [2.45, 2.75) is 26.9 Å². The topological polar surface area (TPSA) is 6.48 Å². The van der Waals surface area contributed by atoms with Crippen LogP contribution in [0.5, 0.6) is 0 Å². The molecule has 0 N–H and O–H groups in total. The molecule has 32 heavy (non-hydrogen) atoms. The molecule has 4 aromatic carbocycles. The molecule has 0 saturated carbocycles. The van der Waals surface area contributed by atoms with E-state index in [-0.39, 0.29) is 0 Å². The Hall–Kier alpha value is -3.52. The van der Waals surface area contributed by atoms with Gasteiger partial charge in [0.15, 0.2) is 0 Å². The zero-order chi connectivity index (χ0) is 22.2. The van der Waals surface area contributed by atoms with Crippen molar-refractivity contribution < 1.29 is 0 Å². The van der Waals surface area contributed by atoms with E-state index >= 15 is 0 Å². The highest BCUT2D eigenvalue weighted by Gasteiger charge is 2.15. The summed E-state index contributed by atoms with van der Waals surface area (Å²) >= 11 is 0. The molecule has 5 rings (SSSR count). The van der Waals surface area contributed by atoms with Crippen LogP contribution < -0.4 is 9.80 Å². The van der Waals surface area contributed by atoms with E-state index in [4.69, 9.17) is 0 Å². The van der Waals surface area contributed by atoms with Gasteiger partial charge in [-0.1, -0.05) is 71.8 Å². The van der Waals surface area contributed by atoms with Crippen LogP contribution in [-0.2, 0) is 13.1 Å². The van der Waals surface area contributed by atoms with E-state index in [2.05, 4.69) is 123 Å². The molecule has 2 heteroatoms. The lowest BCUT2D eigenvalue weighted by Gasteiger charge is -2.26. The van der Waals surface area contributed by atoms with Gasteiger partial charge in [-0.05, 0) is 60.4 Å². The molecule has 0 spiro atoms. The van der Waals surface area contributed by atoms with Crippen molar-refractivity contribution in [2.75, 3.05) is 23.9 Å². The van der Waals surface area contributed by atoms with E-state index < -0.39 is 0 Å². The lowest BCUT2D eigenvalue weighted by atomic mass is 9.95. The van der Waals surface area contributed by atoms with E-state index in [1.165, 1.54) is 55.9 Å². The zero-order valence-corrected chi connectivity index (χ0v) is 19.4. The third-order valence-electron chi connectivity index (χ3n) is 6.37. The van der Waals surface area contributed by atoms with Gasteiger partial charge in [0.05, 0.1) is 0 Å². The van der Waals surface area contributed by atoms with Gasteiger partial charge < -0.3 is 9.80 Å². The molecule has 0 radical (unpaired) electrons. The van der Waals surface area contributed by atoms with Crippen molar-refractivity contribution >= 4 is 11.4 Å². The van der Waals surface area contributed by atoms with E-state index in [1.807, 2.05) is 0 Å². The van der Waals surface area contributed by atoms with Gasteiger partial charge in [0.1, 0.15) is 0 Å². The molecule has 1 heterocycles. The van der Waals surface area contributed by atoms with Crippen molar-refractivity contribution in [3.8, 4) is 22.3 Å². The Bertz CT molecular complexity index is 1190. The second-order valence-electron chi connectivity index (χ2n) is 9.16. The molecule has 0 saturated heterocycles. The Morgan fingerprint density at radius 2 is 0.938 bits per heavy atom. The summed E-state index contributed by atoms with van der Waals surface area (Å²) in [7, 11) is 4.40. The fourth-order valence-electron chi connectivity index (χ4n) is 5.04. The summed E-state index contributed by atoms with van der Waals surface area (Å²) in [5.74, 6) is 0. The summed E-state index contributed by atoms with van der Waals surface area (Å²) in [6, 6.07) is 31.5. The fraction of sp³-hybridized carbons (Fsp3) is 0.200. The fourth-order valence-corrected chi connectivity index (χ4v) is 5.04. The van der Waals surface area contributed by atoms with Crippen LogP contribution in [0.1, 0.15) is 22.3 Å². The van der Waals surface area contributed by atoms with Gasteiger partial charge in [0.25, 0.3) is 0 Å². The quantitative estimate of drug-likeness (QED) is 0.297. The number of fused-ring (bicyclic) bond motifs is 8. The number of aryl methyl sites for hydroxylation is 2. The van der Waals surface area contributed by atoms with E-state index in [9.17, 15) is 0 Å². The largest absolute Gasteiger partial charge is 0.370 e. The molecular formula is C30H30N2. The number of benzene rings is 4. The predicted octanol–water partition coefficient (Wildman–Crippen LogP) is 7.22. The Balaban J connectivity index is 1.75. The Labute approximate surface area is 191 Å². The summed E-state index contributed by atoms with van der Waals surface area (Å²) in [6.07, 6.45) is 0. The highest BCUT2D eigenvalue weighted by Crippen LogP contribution is 2.36. The van der Waals surface area contributed by atoms with E-state index in [0.717, 1.165) is 13.1 Å². The third kappa shape index (κ3) is 3.89. The predicted molar refractivity (Wildman–Crippen MR) is 137 cm³/mol. The average molecular weight is 419 g/mol. The second kappa shape index (κ2) is 8.20. The highest BCUT2D eigenvalue weighted by atomic mass is 15.1. The molecule has 0 unspecified atom stereocenters. The third-order valence-corrected chi connectivity index (χ3v) is 6.37. The van der Waals surface area contributed by atoms with Gasteiger partial charge in [-0.3, -0.25) is 0 Å². The standard InChI is InChI=1S/C30H30N2/c1-21-13-23-17-25(15-21)27-9-5-7-11-29(27)32(4)20-24-14-22(2)16-26(18-24)28-10-6-8-12-30(28)31(3)19-23/h5-18H,19-20H2,1-4H3. The number of rotatable bonds is 0. The summed E-state index contributed by atoms with van der Waals surface area (Å²) in [5, 5.41) is 0. The van der Waals surface area contributed by atoms with Crippen molar-refractivity contribution in [3.63, 3.8) is 0 Å². The normalized spacial score (nSPS) is 13.2. The van der Waals surface area contributed by atoms with E-state index in [0.29, 0.717) is 0 Å². The monoisotopic (exact) mass is 418 g/mol. The van der Waals surface area contributed by atoms with Crippen LogP contribution in [-0.4, -0.2) is 14.1 Å². The van der Waals surface area contributed by atoms with Crippen LogP contribution in [0.25, 0.3) is 22.3 Å². The van der Waals surface area contributed by atoms with Gasteiger partial charge in [0.2, 0.25) is 0 Å². The second-order valence-corrected chi connectivity index (χ2v) is 9.16. The maximum absolute atomic E-state index is 2.37. The van der Waals surface area contributed by atoms with Gasteiger partial charge >= 0.3 is 0 Å². The number of hydrogen-bond acceptors (Lipinski definition) is 2. The first-order chi connectivity index (χ1) is 15.5. The first kappa shape index (κ1) is 20.4. The zero-order valence-electron chi connectivity index (χ0n) is 19.4. The lowest BCUT2D eigenvalue weighted by molar-refractivity contribution is 0.916. The maximum Gasteiger partial charge on any atom is 0.0446 e. The average Bonchev–Trinajstić information content (AvgIpc) is 2.77. The maximum atomic E-state index is 2.37. The molecule has 1 aliphatic heterocycles. The van der Waals surface area contributed by atoms with E-state index in [1.54, 1.807) is 0 Å². The molecule has 4 bridgehead atoms. The lowest BCUT2D eigenvalue weighted by Crippen LogP contribution is -2.19. The number of nitrogens with zero attached hydrogens (tertiary/aromatic N) is 2. The highest BCUT2D eigenvalue weighted by molar-refractivity contribution is 5.81. The minimum atomic E-state index is 0.863. The van der Waals surface area contributed by atoms with Crippen LogP contribution in [0.4, 0.5) is 11.4 Å². The molecule has 4 aromatic rings. The molecule has 0 aromatic heterocycles. The first-order valence-corrected chi connectivity index (χ1v) is 11.3. The summed E-state index contributed by atoms with van der Waals surface area (Å²) in [5.41, 5.74) is 12.9. The molecular weight excluding hydrogens is 388 g/mol. The SMILES string of the molecule is Cc1cc2cc(c1)-c1ccccc1N(C)Cc1cc(C)cc(c1)-c1ccccc1N(C)C2. The summed E-state index contributed by atoms with van der Waals surface area (Å²) in [6.45, 7) is 6.12. The van der Waals surface area contributed by atoms with Crippen LogP contribution in [0, 0.1) is 13.8 Å². The Kier molecular flexibility index (Phi) is 5.22. The number of anilines is 2. The van der Waals surface area contributed by atoms with Gasteiger partial charge in [-0.2, -0.15) is 0 Å². The minimum Gasteiger partial charge on any atom is -0.370 e. The smallest absolute Gasteiger partial charge is 0.0446 e. The Morgan fingerprint density at radius 1 is 0.531 bits per heavy atom. The van der Waals surface area contributed by atoms with Crippen LogP contribution >= 0.6 is 0 Å². The number of hydrogen-bond donors (Lipinski definition) is 0. The van der Waals surface area contributed by atoms with Crippen LogP contribution in [0.15, 0.2) is 84.9 Å². The molecule has 2 nitrogen and oxygen atoms in total. The van der Waals surface area contributed by atoms with Gasteiger partial charge in [0, 0.05) is 49.7 Å². The molecule has 160 valence electrons.